The van der Waals surface area contributed by atoms with E-state index in [1.807, 2.05) is 54.6 Å². The monoisotopic (exact) mass is 345 g/mol. The largest absolute Gasteiger partial charge is 0.350 e. The van der Waals surface area contributed by atoms with Crippen molar-refractivity contribution < 1.29 is 9.59 Å². The van der Waals surface area contributed by atoms with Crippen LogP contribution in [0.4, 0.5) is 0 Å². The van der Waals surface area contributed by atoms with Crippen molar-refractivity contribution >= 4 is 11.8 Å². The Bertz CT molecular complexity index is 863. The van der Waals surface area contributed by atoms with E-state index in [-0.39, 0.29) is 18.4 Å². The highest BCUT2D eigenvalue weighted by Gasteiger charge is 2.08. The molecule has 0 aliphatic carbocycles. The van der Waals surface area contributed by atoms with Crippen molar-refractivity contribution in [1.29, 1.82) is 0 Å². The van der Waals surface area contributed by atoms with Crippen LogP contribution in [0.5, 0.6) is 0 Å². The van der Waals surface area contributed by atoms with E-state index < -0.39 is 0 Å². The molecule has 2 aromatic carbocycles. The summed E-state index contributed by atoms with van der Waals surface area (Å²) in [5, 5.41) is 5.39. The zero-order valence-electron chi connectivity index (χ0n) is 14.2. The summed E-state index contributed by atoms with van der Waals surface area (Å²) in [6.07, 6.45) is 3.34. The van der Waals surface area contributed by atoms with Crippen molar-refractivity contribution in [3.8, 4) is 11.1 Å². The molecule has 26 heavy (non-hydrogen) atoms. The Hall–Kier alpha value is -3.47. The lowest BCUT2D eigenvalue weighted by molar-refractivity contribution is -0.120. The van der Waals surface area contributed by atoms with E-state index in [1.165, 1.54) is 0 Å². The van der Waals surface area contributed by atoms with Crippen LogP contribution in [0.2, 0.25) is 0 Å². The van der Waals surface area contributed by atoms with Crippen molar-refractivity contribution in [2.75, 3.05) is 6.54 Å². The molecule has 3 rings (SSSR count). The zero-order chi connectivity index (χ0) is 18.2. The van der Waals surface area contributed by atoms with Crippen LogP contribution in [0.1, 0.15) is 15.9 Å². The van der Waals surface area contributed by atoms with Crippen LogP contribution in [0.3, 0.4) is 0 Å². The van der Waals surface area contributed by atoms with Gasteiger partial charge in [-0.2, -0.15) is 0 Å². The Morgan fingerprint density at radius 2 is 1.42 bits per heavy atom. The zero-order valence-corrected chi connectivity index (χ0v) is 14.2. The molecule has 5 heteroatoms. The summed E-state index contributed by atoms with van der Waals surface area (Å²) >= 11 is 0. The van der Waals surface area contributed by atoms with Gasteiger partial charge in [0, 0.05) is 24.5 Å². The minimum atomic E-state index is -0.274. The van der Waals surface area contributed by atoms with Crippen molar-refractivity contribution in [3.63, 3.8) is 0 Å². The fraction of sp³-hybridized carbons (Fsp3) is 0.0952. The molecule has 0 fully saturated rings. The molecular formula is C21H19N3O2. The van der Waals surface area contributed by atoms with Crippen molar-refractivity contribution in [1.82, 2.24) is 15.6 Å². The third-order valence-corrected chi connectivity index (χ3v) is 3.90. The number of carbonyl (C=O) groups excluding carboxylic acids is 2. The summed E-state index contributed by atoms with van der Waals surface area (Å²) in [6.45, 7) is 0.341. The van der Waals surface area contributed by atoms with Crippen LogP contribution in [0.15, 0.2) is 79.1 Å². The number of pyridine rings is 1. The predicted molar refractivity (Wildman–Crippen MR) is 100 cm³/mol. The van der Waals surface area contributed by atoms with Gasteiger partial charge in [0.1, 0.15) is 0 Å². The third-order valence-electron chi connectivity index (χ3n) is 3.90. The SMILES string of the molecule is O=C(CNC(=O)c1ccc(-c2ccccc2)cc1)NCc1ccncc1. The molecule has 2 amide bonds. The van der Waals surface area contributed by atoms with E-state index in [9.17, 15) is 9.59 Å². The lowest BCUT2D eigenvalue weighted by Gasteiger charge is -2.08. The number of hydrogen-bond acceptors (Lipinski definition) is 3. The van der Waals surface area contributed by atoms with Crippen molar-refractivity contribution in [2.45, 2.75) is 6.54 Å². The average Bonchev–Trinajstić information content (AvgIpc) is 2.72. The summed E-state index contributed by atoms with van der Waals surface area (Å²) in [6, 6.07) is 20.9. The Morgan fingerprint density at radius 1 is 0.769 bits per heavy atom. The van der Waals surface area contributed by atoms with E-state index >= 15 is 0 Å². The van der Waals surface area contributed by atoms with Gasteiger partial charge in [0.05, 0.1) is 6.54 Å². The van der Waals surface area contributed by atoms with Crippen LogP contribution in [-0.4, -0.2) is 23.3 Å². The maximum absolute atomic E-state index is 12.2. The third kappa shape index (κ3) is 4.77. The Balaban J connectivity index is 1.49. The predicted octanol–water partition coefficient (Wildman–Crippen LogP) is 2.79. The summed E-state index contributed by atoms with van der Waals surface area (Å²) in [4.78, 5) is 27.9. The summed E-state index contributed by atoms with van der Waals surface area (Å²) in [5.41, 5.74) is 3.61. The molecule has 0 saturated carbocycles. The maximum atomic E-state index is 12.2. The van der Waals surface area contributed by atoms with Gasteiger partial charge in [-0.05, 0) is 41.0 Å². The average molecular weight is 345 g/mol. The van der Waals surface area contributed by atoms with Gasteiger partial charge in [0.25, 0.3) is 5.91 Å². The van der Waals surface area contributed by atoms with Crippen LogP contribution >= 0.6 is 0 Å². The minimum Gasteiger partial charge on any atom is -0.350 e. The standard InChI is InChI=1S/C21H19N3O2/c25-20(23-14-16-10-12-22-13-11-16)15-24-21(26)19-8-6-18(7-9-19)17-4-2-1-3-5-17/h1-13H,14-15H2,(H,23,25)(H,24,26). The van der Waals surface area contributed by atoms with E-state index in [1.54, 1.807) is 24.5 Å². The first-order valence-electron chi connectivity index (χ1n) is 8.31. The molecule has 0 aliphatic rings. The molecule has 0 saturated heterocycles. The van der Waals surface area contributed by atoms with Crippen molar-refractivity contribution in [3.05, 3.63) is 90.3 Å². The number of amides is 2. The maximum Gasteiger partial charge on any atom is 0.251 e. The first-order chi connectivity index (χ1) is 12.7. The molecule has 0 spiro atoms. The molecule has 0 radical (unpaired) electrons. The number of aromatic nitrogens is 1. The van der Waals surface area contributed by atoms with Gasteiger partial charge in [-0.1, -0.05) is 42.5 Å². The van der Waals surface area contributed by atoms with Gasteiger partial charge in [-0.3, -0.25) is 14.6 Å². The minimum absolute atomic E-state index is 0.0651. The lowest BCUT2D eigenvalue weighted by atomic mass is 10.0. The smallest absolute Gasteiger partial charge is 0.251 e. The van der Waals surface area contributed by atoms with Crippen LogP contribution in [0, 0.1) is 0 Å². The highest BCUT2D eigenvalue weighted by atomic mass is 16.2. The number of nitrogens with zero attached hydrogens (tertiary/aromatic N) is 1. The van der Waals surface area contributed by atoms with Crippen molar-refractivity contribution in [2.24, 2.45) is 0 Å². The molecular weight excluding hydrogens is 326 g/mol. The molecule has 3 aromatic rings. The van der Waals surface area contributed by atoms with Gasteiger partial charge >= 0.3 is 0 Å². The molecule has 0 atom stereocenters. The van der Waals surface area contributed by atoms with Gasteiger partial charge < -0.3 is 10.6 Å². The van der Waals surface area contributed by atoms with Gasteiger partial charge in [-0.25, -0.2) is 0 Å². The molecule has 0 unspecified atom stereocenters. The number of rotatable bonds is 6. The topological polar surface area (TPSA) is 71.1 Å². The Kier molecular flexibility index (Phi) is 5.72. The quantitative estimate of drug-likeness (QED) is 0.722. The molecule has 1 heterocycles. The molecule has 130 valence electrons. The summed E-state index contributed by atoms with van der Waals surface area (Å²) < 4.78 is 0. The Morgan fingerprint density at radius 3 is 2.12 bits per heavy atom. The second-order valence-corrected chi connectivity index (χ2v) is 5.76. The highest BCUT2D eigenvalue weighted by Crippen LogP contribution is 2.19. The Labute approximate surface area is 152 Å². The molecule has 5 nitrogen and oxygen atoms in total. The summed E-state index contributed by atoms with van der Waals surface area (Å²) in [7, 11) is 0. The lowest BCUT2D eigenvalue weighted by Crippen LogP contribution is -2.36. The number of nitrogens with one attached hydrogen (secondary N) is 2. The molecule has 0 aliphatic heterocycles. The van der Waals surface area contributed by atoms with E-state index in [0.717, 1.165) is 16.7 Å². The molecule has 2 N–H and O–H groups in total. The number of carbonyl (C=O) groups is 2. The van der Waals surface area contributed by atoms with Gasteiger partial charge in [0.2, 0.25) is 5.91 Å². The fourth-order valence-electron chi connectivity index (χ4n) is 2.47. The molecule has 0 bridgehead atoms. The first-order valence-corrected chi connectivity index (χ1v) is 8.31. The number of benzene rings is 2. The fourth-order valence-corrected chi connectivity index (χ4v) is 2.47. The van der Waals surface area contributed by atoms with E-state index in [2.05, 4.69) is 15.6 Å². The van der Waals surface area contributed by atoms with Crippen LogP contribution < -0.4 is 10.6 Å². The summed E-state index contributed by atoms with van der Waals surface area (Å²) in [5.74, 6) is -0.514. The van der Waals surface area contributed by atoms with E-state index in [4.69, 9.17) is 0 Å². The van der Waals surface area contributed by atoms with E-state index in [0.29, 0.717) is 12.1 Å². The second-order valence-electron chi connectivity index (χ2n) is 5.76. The van der Waals surface area contributed by atoms with Gasteiger partial charge in [0.15, 0.2) is 0 Å². The van der Waals surface area contributed by atoms with Crippen LogP contribution in [-0.2, 0) is 11.3 Å². The number of hydrogen-bond donors (Lipinski definition) is 2. The molecule has 1 aromatic heterocycles. The first kappa shape index (κ1) is 17.4. The second kappa shape index (κ2) is 8.58. The highest BCUT2D eigenvalue weighted by molar-refractivity contribution is 5.96. The van der Waals surface area contributed by atoms with Crippen LogP contribution in [0.25, 0.3) is 11.1 Å². The normalized spacial score (nSPS) is 10.2. The van der Waals surface area contributed by atoms with Gasteiger partial charge in [-0.15, -0.1) is 0 Å².